The normalized spacial score (nSPS) is 22.7. The number of hydrogen-bond donors (Lipinski definition) is 4. The summed E-state index contributed by atoms with van der Waals surface area (Å²) in [6.45, 7) is 3.47. The summed E-state index contributed by atoms with van der Waals surface area (Å²) in [5.41, 5.74) is 14.2. The number of carbonyl (C=O) groups excluding carboxylic acids is 1. The molecule has 1 unspecified atom stereocenters. The van der Waals surface area contributed by atoms with Gasteiger partial charge in [-0.25, -0.2) is 9.97 Å². The van der Waals surface area contributed by atoms with Crippen molar-refractivity contribution in [3.8, 4) is 0 Å². The van der Waals surface area contributed by atoms with Crippen molar-refractivity contribution in [2.75, 3.05) is 45.6 Å². The van der Waals surface area contributed by atoms with Crippen LogP contribution in [0.15, 0.2) is 23.6 Å². The Morgan fingerprint density at radius 1 is 1.32 bits per heavy atom. The third-order valence-electron chi connectivity index (χ3n) is 6.64. The minimum atomic E-state index is -0.514. The number of piperidine rings is 1. The number of amides is 1. The molecular weight excluding hydrogens is 436 g/mol. The highest BCUT2D eigenvalue weighted by atomic mass is 16.5. The van der Waals surface area contributed by atoms with E-state index in [0.717, 1.165) is 32.5 Å². The summed E-state index contributed by atoms with van der Waals surface area (Å²) in [7, 11) is 1.67. The van der Waals surface area contributed by atoms with Crippen LogP contribution in [0, 0.1) is 5.92 Å². The van der Waals surface area contributed by atoms with Crippen molar-refractivity contribution in [2.24, 2.45) is 16.6 Å². The van der Waals surface area contributed by atoms with Crippen LogP contribution < -0.4 is 16.8 Å². The van der Waals surface area contributed by atoms with E-state index in [1.807, 2.05) is 10.8 Å². The zero-order valence-corrected chi connectivity index (χ0v) is 19.6. The largest absolute Gasteiger partial charge is 0.398 e. The molecule has 2 aliphatic heterocycles. The number of nitrogens with one attached hydrogen (secondary N) is 1. The van der Waals surface area contributed by atoms with Gasteiger partial charge in [-0.3, -0.25) is 9.79 Å². The van der Waals surface area contributed by atoms with Gasteiger partial charge in [0.25, 0.3) is 0 Å². The number of nitrogens with two attached hydrogens (primary N) is 2. The van der Waals surface area contributed by atoms with E-state index >= 15 is 0 Å². The Hall–Kier alpha value is -3.02. The lowest BCUT2D eigenvalue weighted by Gasteiger charge is -2.31. The summed E-state index contributed by atoms with van der Waals surface area (Å²) in [6.07, 6.45) is 9.05. The molecule has 2 aromatic heterocycles. The standard InChI is InChI=1S/C23H34N8O3/c1-26-7-4-17(24)16-13-31(22-20(16)21(25)28-14-29-22)19-3-2-18(34-19)23(33)27-12-15-5-8-30(9-6-15)10-11-32/h4,7,13-15,18-19,32H,2-3,5-6,8-12,24H2,1H3,(H,27,33)(H2,25,28,29)/b17-4-,26-7?/t18-,19?/m0/s1. The number of rotatable bonds is 8. The second-order valence-corrected chi connectivity index (χ2v) is 8.85. The van der Waals surface area contributed by atoms with E-state index in [2.05, 4.69) is 25.2 Å². The zero-order valence-electron chi connectivity index (χ0n) is 19.6. The molecule has 0 spiro atoms. The van der Waals surface area contributed by atoms with Crippen molar-refractivity contribution < 1.29 is 14.6 Å². The molecule has 184 valence electrons. The number of allylic oxidation sites excluding steroid dienone is 1. The van der Waals surface area contributed by atoms with Gasteiger partial charge in [-0.15, -0.1) is 0 Å². The molecule has 2 atom stereocenters. The van der Waals surface area contributed by atoms with Crippen LogP contribution in [0.3, 0.4) is 0 Å². The number of fused-ring (bicyclic) bond motifs is 1. The Morgan fingerprint density at radius 2 is 2.12 bits per heavy atom. The fourth-order valence-corrected chi connectivity index (χ4v) is 4.72. The second kappa shape index (κ2) is 10.9. The predicted octanol–water partition coefficient (Wildman–Crippen LogP) is 0.512. The molecule has 0 saturated carbocycles. The van der Waals surface area contributed by atoms with Crippen LogP contribution in [0.5, 0.6) is 0 Å². The Balaban J connectivity index is 1.41. The van der Waals surface area contributed by atoms with Crippen molar-refractivity contribution in [1.82, 2.24) is 24.8 Å². The van der Waals surface area contributed by atoms with Gasteiger partial charge < -0.3 is 36.1 Å². The molecule has 6 N–H and O–H groups in total. The van der Waals surface area contributed by atoms with Gasteiger partial charge in [0.1, 0.15) is 30.1 Å². The lowest BCUT2D eigenvalue weighted by Crippen LogP contribution is -2.42. The van der Waals surface area contributed by atoms with Crippen LogP contribution in [-0.2, 0) is 9.53 Å². The van der Waals surface area contributed by atoms with Crippen LogP contribution in [0.1, 0.15) is 37.5 Å². The lowest BCUT2D eigenvalue weighted by molar-refractivity contribution is -0.134. The number of nitrogens with zero attached hydrogens (tertiary/aromatic N) is 5. The third kappa shape index (κ3) is 5.21. The maximum absolute atomic E-state index is 12.8. The number of aliphatic hydroxyl groups excluding tert-OH is 1. The Kier molecular flexibility index (Phi) is 7.76. The number of aromatic nitrogens is 3. The molecule has 4 heterocycles. The Labute approximate surface area is 198 Å². The van der Waals surface area contributed by atoms with E-state index in [0.29, 0.717) is 53.4 Å². The van der Waals surface area contributed by atoms with E-state index in [-0.39, 0.29) is 18.7 Å². The fraction of sp³-hybridized carbons (Fsp3) is 0.565. The Morgan fingerprint density at radius 3 is 2.85 bits per heavy atom. The van der Waals surface area contributed by atoms with Crippen LogP contribution in [0.25, 0.3) is 16.7 Å². The first kappa shape index (κ1) is 24.1. The summed E-state index contributed by atoms with van der Waals surface area (Å²) in [5, 5.41) is 12.8. The smallest absolute Gasteiger partial charge is 0.249 e. The Bertz CT molecular complexity index is 1060. The fourth-order valence-electron chi connectivity index (χ4n) is 4.72. The van der Waals surface area contributed by atoms with Crippen LogP contribution in [0.2, 0.25) is 0 Å². The molecule has 0 bridgehead atoms. The van der Waals surface area contributed by atoms with Crippen LogP contribution in [0.4, 0.5) is 5.82 Å². The summed E-state index contributed by atoms with van der Waals surface area (Å²) >= 11 is 0. The molecular formula is C23H34N8O3. The van der Waals surface area contributed by atoms with E-state index in [9.17, 15) is 4.79 Å². The monoisotopic (exact) mass is 470 g/mol. The van der Waals surface area contributed by atoms with Crippen molar-refractivity contribution in [2.45, 2.75) is 38.0 Å². The van der Waals surface area contributed by atoms with Gasteiger partial charge in [-0.1, -0.05) is 0 Å². The average Bonchev–Trinajstić information content (AvgIpc) is 3.48. The number of hydrogen-bond acceptors (Lipinski definition) is 9. The molecule has 1 amide bonds. The number of likely N-dealkylation sites (tertiary alicyclic amines) is 1. The highest BCUT2D eigenvalue weighted by Gasteiger charge is 2.33. The number of nitrogen functional groups attached to an aromatic ring is 1. The van der Waals surface area contributed by atoms with Gasteiger partial charge >= 0.3 is 0 Å². The van der Waals surface area contributed by atoms with Crippen molar-refractivity contribution >= 4 is 34.7 Å². The second-order valence-electron chi connectivity index (χ2n) is 8.85. The van der Waals surface area contributed by atoms with E-state index in [1.54, 1.807) is 19.3 Å². The number of β-amino-alcohol motifs (C(OH)–C–C–N with tert-alkyl or cyclic N) is 1. The molecule has 0 radical (unpaired) electrons. The topological polar surface area (TPSA) is 157 Å². The first-order valence-corrected chi connectivity index (χ1v) is 11.8. The minimum absolute atomic E-state index is 0.0790. The van der Waals surface area contributed by atoms with Gasteiger partial charge in [0, 0.05) is 43.8 Å². The van der Waals surface area contributed by atoms with E-state index in [4.69, 9.17) is 21.3 Å². The molecule has 11 nitrogen and oxygen atoms in total. The van der Waals surface area contributed by atoms with Crippen molar-refractivity contribution in [3.63, 3.8) is 0 Å². The predicted molar refractivity (Wildman–Crippen MR) is 131 cm³/mol. The van der Waals surface area contributed by atoms with Gasteiger partial charge in [-0.05, 0) is 50.8 Å². The van der Waals surface area contributed by atoms with Gasteiger partial charge in [0.15, 0.2) is 0 Å². The zero-order chi connectivity index (χ0) is 24.1. The first-order chi connectivity index (χ1) is 16.5. The maximum Gasteiger partial charge on any atom is 0.249 e. The van der Waals surface area contributed by atoms with Crippen LogP contribution >= 0.6 is 0 Å². The number of aliphatic hydroxyl groups is 1. The third-order valence-corrected chi connectivity index (χ3v) is 6.64. The molecule has 34 heavy (non-hydrogen) atoms. The van der Waals surface area contributed by atoms with Gasteiger partial charge in [0.2, 0.25) is 5.91 Å². The van der Waals surface area contributed by atoms with E-state index in [1.165, 1.54) is 6.33 Å². The van der Waals surface area contributed by atoms with Crippen molar-refractivity contribution in [3.05, 3.63) is 24.2 Å². The maximum atomic E-state index is 12.8. The highest BCUT2D eigenvalue weighted by molar-refractivity contribution is 5.99. The SMILES string of the molecule is CN=C/C=C(\N)c1cn(C2CC[C@@H](C(=O)NCC3CCN(CCO)CC3)O2)c2ncnc(N)c12. The first-order valence-electron chi connectivity index (χ1n) is 11.8. The number of ether oxygens (including phenoxy) is 1. The molecule has 11 heteroatoms. The van der Waals surface area contributed by atoms with Crippen LogP contribution in [-0.4, -0.2) is 82.6 Å². The lowest BCUT2D eigenvalue weighted by atomic mass is 9.96. The molecule has 0 aromatic carbocycles. The average molecular weight is 471 g/mol. The molecule has 2 saturated heterocycles. The summed E-state index contributed by atoms with van der Waals surface area (Å²) in [4.78, 5) is 27.5. The van der Waals surface area contributed by atoms with Gasteiger partial charge in [-0.2, -0.15) is 0 Å². The molecule has 4 rings (SSSR count). The van der Waals surface area contributed by atoms with E-state index < -0.39 is 6.10 Å². The minimum Gasteiger partial charge on any atom is -0.398 e. The highest BCUT2D eigenvalue weighted by Crippen LogP contribution is 2.35. The molecule has 0 aliphatic carbocycles. The summed E-state index contributed by atoms with van der Waals surface area (Å²) in [6, 6.07) is 0. The number of carbonyl (C=O) groups is 1. The molecule has 2 aromatic rings. The number of anilines is 1. The summed E-state index contributed by atoms with van der Waals surface area (Å²) in [5.74, 6) is 0.707. The quantitative estimate of drug-likeness (QED) is 0.407. The molecule has 2 fully saturated rings. The molecule has 2 aliphatic rings. The van der Waals surface area contributed by atoms with Crippen molar-refractivity contribution in [1.29, 1.82) is 0 Å². The summed E-state index contributed by atoms with van der Waals surface area (Å²) < 4.78 is 8.03. The van der Waals surface area contributed by atoms with Gasteiger partial charge in [0.05, 0.1) is 12.0 Å². The number of aliphatic imine (C=N–C) groups is 1.